The molecule has 258 valence electrons. The van der Waals surface area contributed by atoms with Crippen LogP contribution in [0.1, 0.15) is 114 Å². The van der Waals surface area contributed by atoms with Crippen molar-refractivity contribution in [2.75, 3.05) is 11.5 Å². The number of benzene rings is 1. The van der Waals surface area contributed by atoms with Crippen LogP contribution in [-0.4, -0.2) is 52.0 Å². The van der Waals surface area contributed by atoms with Gasteiger partial charge in [0, 0.05) is 28.7 Å². The lowest BCUT2D eigenvalue weighted by Crippen LogP contribution is -2.47. The lowest BCUT2D eigenvalue weighted by atomic mass is 9.52. The number of halogens is 5. The first-order valence-corrected chi connectivity index (χ1v) is 19.1. The van der Waals surface area contributed by atoms with Crippen molar-refractivity contribution >= 4 is 21.2 Å². The molecule has 45 heavy (non-hydrogen) atoms. The lowest BCUT2D eigenvalue weighted by molar-refractivity contribution is -0.284. The summed E-state index contributed by atoms with van der Waals surface area (Å²) in [7, 11) is -6.01. The van der Waals surface area contributed by atoms with E-state index in [4.69, 9.17) is 8.74 Å². The average Bonchev–Trinajstić information content (AvgIpc) is 3.24. The second kappa shape index (κ2) is 14.8. The Hall–Kier alpha value is -1.31. The second-order valence-electron chi connectivity index (χ2n) is 13.7. The number of hydrogen-bond donors (Lipinski definition) is 2. The maximum Gasteiger partial charge on any atom is 0.453 e. The molecule has 0 radical (unpaired) electrons. The molecule has 0 saturated heterocycles. The molecule has 1 aromatic rings. The molecule has 3 aliphatic rings. The van der Waals surface area contributed by atoms with Crippen molar-refractivity contribution < 1.29 is 48.4 Å². The second-order valence-corrected chi connectivity index (χ2v) is 16.4. The molecular formula is C32H47F5O6S2. The van der Waals surface area contributed by atoms with Crippen molar-refractivity contribution in [2.45, 2.75) is 127 Å². The molecule has 2 fully saturated rings. The van der Waals surface area contributed by atoms with E-state index in [1.807, 2.05) is 6.07 Å². The SMILES string of the molecule is C[C@@]12CC[C@H]3c4ccc(OS(=O)(=O)O)cc4C[C@H](CCCCCCCCCS(=O)CCCC(F)(F)C(F)(F)F)[C@@H]3[C@H]1CC[C@H]2O. The zero-order valence-corrected chi connectivity index (χ0v) is 27.5. The average molecular weight is 687 g/mol. The molecule has 0 heterocycles. The van der Waals surface area contributed by atoms with Gasteiger partial charge < -0.3 is 9.29 Å². The van der Waals surface area contributed by atoms with Crippen LogP contribution in [0.25, 0.3) is 0 Å². The van der Waals surface area contributed by atoms with E-state index in [9.17, 15) is 39.7 Å². The topological polar surface area (TPSA) is 101 Å². The molecule has 13 heteroatoms. The smallest absolute Gasteiger partial charge is 0.393 e. The normalized spacial score (nSPS) is 29.1. The highest BCUT2D eigenvalue weighted by molar-refractivity contribution is 7.84. The fraction of sp³-hybridized carbons (Fsp3) is 0.812. The van der Waals surface area contributed by atoms with Crippen molar-refractivity contribution in [3.05, 3.63) is 29.3 Å². The van der Waals surface area contributed by atoms with Crippen LogP contribution in [0.3, 0.4) is 0 Å². The Kier molecular flexibility index (Phi) is 12.1. The van der Waals surface area contributed by atoms with Gasteiger partial charge in [-0.25, -0.2) is 0 Å². The minimum Gasteiger partial charge on any atom is -0.393 e. The maximum absolute atomic E-state index is 13.0. The van der Waals surface area contributed by atoms with Crippen molar-refractivity contribution in [2.24, 2.45) is 23.2 Å². The highest BCUT2D eigenvalue weighted by Crippen LogP contribution is 2.62. The number of aliphatic hydroxyl groups is 1. The highest BCUT2D eigenvalue weighted by Gasteiger charge is 2.57. The first kappa shape index (κ1) is 36.5. The van der Waals surface area contributed by atoms with Gasteiger partial charge in [0.15, 0.2) is 0 Å². The molecule has 1 unspecified atom stereocenters. The minimum atomic E-state index is -5.57. The summed E-state index contributed by atoms with van der Waals surface area (Å²) < 4.78 is 111. The van der Waals surface area contributed by atoms with E-state index in [0.29, 0.717) is 35.8 Å². The monoisotopic (exact) mass is 686 g/mol. The van der Waals surface area contributed by atoms with Crippen LogP contribution in [0.2, 0.25) is 0 Å². The van der Waals surface area contributed by atoms with Gasteiger partial charge in [-0.05, 0) is 104 Å². The minimum absolute atomic E-state index is 0.0806. The molecule has 2 saturated carbocycles. The Morgan fingerprint density at radius 1 is 0.956 bits per heavy atom. The van der Waals surface area contributed by atoms with Gasteiger partial charge in [0.1, 0.15) is 5.75 Å². The summed E-state index contributed by atoms with van der Waals surface area (Å²) in [4.78, 5) is 0. The van der Waals surface area contributed by atoms with Gasteiger partial charge in [-0.1, -0.05) is 51.5 Å². The number of fused-ring (bicyclic) bond motifs is 5. The summed E-state index contributed by atoms with van der Waals surface area (Å²) in [6.45, 7) is 2.24. The van der Waals surface area contributed by atoms with Crippen molar-refractivity contribution in [3.8, 4) is 5.75 Å². The highest BCUT2D eigenvalue weighted by atomic mass is 32.3. The van der Waals surface area contributed by atoms with Gasteiger partial charge in [0.05, 0.1) is 6.10 Å². The predicted octanol–water partition coefficient (Wildman–Crippen LogP) is 8.16. The summed E-state index contributed by atoms with van der Waals surface area (Å²) in [5.74, 6) is -2.84. The zero-order valence-electron chi connectivity index (χ0n) is 25.9. The van der Waals surface area contributed by atoms with Gasteiger partial charge in [0.25, 0.3) is 0 Å². The third-order valence-electron chi connectivity index (χ3n) is 10.7. The number of rotatable bonds is 16. The summed E-state index contributed by atoms with van der Waals surface area (Å²) >= 11 is 0. The van der Waals surface area contributed by atoms with Crippen LogP contribution in [0.5, 0.6) is 5.75 Å². The largest absolute Gasteiger partial charge is 0.453 e. The molecule has 0 amide bonds. The van der Waals surface area contributed by atoms with E-state index >= 15 is 0 Å². The van der Waals surface area contributed by atoms with Gasteiger partial charge >= 0.3 is 22.5 Å². The molecule has 2 N–H and O–H groups in total. The lowest BCUT2D eigenvalue weighted by Gasteiger charge is -2.53. The van der Waals surface area contributed by atoms with Crippen molar-refractivity contribution in [1.82, 2.24) is 0 Å². The fourth-order valence-electron chi connectivity index (χ4n) is 8.45. The third-order valence-corrected chi connectivity index (χ3v) is 12.6. The summed E-state index contributed by atoms with van der Waals surface area (Å²) in [5, 5.41) is 10.9. The van der Waals surface area contributed by atoms with Crippen LogP contribution in [0.4, 0.5) is 22.0 Å². The molecule has 0 aliphatic heterocycles. The number of unbranched alkanes of at least 4 members (excludes halogenated alkanes) is 6. The van der Waals surface area contributed by atoms with E-state index in [0.717, 1.165) is 82.6 Å². The van der Waals surface area contributed by atoms with Crippen LogP contribution in [-0.2, 0) is 27.6 Å². The van der Waals surface area contributed by atoms with Gasteiger partial charge in [-0.2, -0.15) is 30.4 Å². The third kappa shape index (κ3) is 9.19. The quantitative estimate of drug-likeness (QED) is 0.103. The molecule has 1 aromatic carbocycles. The first-order valence-electron chi connectivity index (χ1n) is 16.3. The van der Waals surface area contributed by atoms with Crippen LogP contribution >= 0.6 is 0 Å². The summed E-state index contributed by atoms with van der Waals surface area (Å²) in [6, 6.07) is 5.30. The van der Waals surface area contributed by atoms with Gasteiger partial charge in [-0.15, -0.1) is 0 Å². The van der Waals surface area contributed by atoms with E-state index in [1.54, 1.807) is 12.1 Å². The number of alkyl halides is 5. The predicted molar refractivity (Wildman–Crippen MR) is 163 cm³/mol. The van der Waals surface area contributed by atoms with Crippen LogP contribution in [0, 0.1) is 23.2 Å². The molecule has 0 bridgehead atoms. The number of hydrogen-bond acceptors (Lipinski definition) is 5. The fourth-order valence-corrected chi connectivity index (χ4v) is 9.99. The maximum atomic E-state index is 13.0. The summed E-state index contributed by atoms with van der Waals surface area (Å²) in [5.41, 5.74) is 2.21. The van der Waals surface area contributed by atoms with E-state index < -0.39 is 46.1 Å². The zero-order chi connectivity index (χ0) is 33.0. The number of aliphatic hydroxyl groups excluding tert-OH is 1. The molecule has 3 aliphatic carbocycles. The Morgan fingerprint density at radius 3 is 2.27 bits per heavy atom. The van der Waals surface area contributed by atoms with Gasteiger partial charge in [-0.3, -0.25) is 8.76 Å². The first-order chi connectivity index (χ1) is 21.0. The van der Waals surface area contributed by atoms with E-state index in [2.05, 4.69) is 6.92 Å². The summed E-state index contributed by atoms with van der Waals surface area (Å²) in [6.07, 6.45) is 4.57. The standard InChI is InChI=1S/C32H47F5O6S2/c1-30-17-15-26-25-12-11-24(43-45(40,41)42)21-23(25)20-22(29(26)27(30)13-14-28(30)38)10-7-5-3-2-4-6-8-18-44(39)19-9-16-31(33,34)32(35,36)37/h11-12,21-22,26-29,38H,2-10,13-20H2,1H3,(H,40,41,42)/t22-,26-,27+,28+,29-,30+,44?/m0/s1. The van der Waals surface area contributed by atoms with Crippen LogP contribution in [0.15, 0.2) is 18.2 Å². The molecule has 7 atom stereocenters. The Balaban J connectivity index is 1.22. The van der Waals surface area contributed by atoms with E-state index in [-0.39, 0.29) is 23.0 Å². The van der Waals surface area contributed by atoms with Crippen LogP contribution < -0.4 is 4.18 Å². The van der Waals surface area contributed by atoms with E-state index in [1.165, 1.54) is 5.56 Å². The van der Waals surface area contributed by atoms with Gasteiger partial charge in [0.2, 0.25) is 0 Å². The molecule has 4 rings (SSSR count). The molecule has 0 spiro atoms. The molecule has 6 nitrogen and oxygen atoms in total. The van der Waals surface area contributed by atoms with Crippen molar-refractivity contribution in [1.29, 1.82) is 0 Å². The Morgan fingerprint density at radius 2 is 1.60 bits per heavy atom. The molecule has 0 aromatic heterocycles. The van der Waals surface area contributed by atoms with Crippen molar-refractivity contribution in [3.63, 3.8) is 0 Å². The molecular weight excluding hydrogens is 639 g/mol. The Bertz CT molecular complexity index is 1270. The Labute approximate surface area is 266 Å².